The fourth-order valence-corrected chi connectivity index (χ4v) is 0.711. The van der Waals surface area contributed by atoms with Gasteiger partial charge in [0.2, 0.25) is 0 Å². The maximum absolute atomic E-state index is 8.22. The number of amidine groups is 1. The third kappa shape index (κ3) is 5.42. The summed E-state index contributed by atoms with van der Waals surface area (Å²) >= 11 is 0. The summed E-state index contributed by atoms with van der Waals surface area (Å²) in [5.74, 6) is 0.245. The summed E-state index contributed by atoms with van der Waals surface area (Å²) in [4.78, 5) is 0. The van der Waals surface area contributed by atoms with Crippen LogP contribution in [-0.4, -0.2) is 23.6 Å². The molecule has 1 atom stereocenters. The van der Waals surface area contributed by atoms with Crippen LogP contribution >= 0.6 is 0 Å². The summed E-state index contributed by atoms with van der Waals surface area (Å²) in [6, 6.07) is 0.212. The molecule has 0 aliphatic heterocycles. The zero-order valence-corrected chi connectivity index (χ0v) is 6.75. The molecule has 0 aromatic carbocycles. The molecule has 0 amide bonds. The van der Waals surface area contributed by atoms with Gasteiger partial charge in [0, 0.05) is 19.0 Å². The topological polar surface area (TPSA) is 70.6 Å². The van der Waals surface area contributed by atoms with E-state index in [1.807, 2.05) is 6.92 Å². The largest absolute Gasteiger partial charge is 0.409 e. The number of nitrogens with one attached hydrogen (secondary N) is 1. The van der Waals surface area contributed by atoms with Crippen molar-refractivity contribution in [3.05, 3.63) is 12.7 Å². The fraction of sp³-hybridized carbons (Fsp3) is 0.571. The van der Waals surface area contributed by atoms with Crippen molar-refractivity contribution in [2.75, 3.05) is 6.54 Å². The Balaban J connectivity index is 3.51. The van der Waals surface area contributed by atoms with E-state index in [-0.39, 0.29) is 11.9 Å². The molecule has 0 aliphatic carbocycles. The minimum absolute atomic E-state index is 0.212. The Kier molecular flexibility index (Phi) is 5.20. The molecule has 11 heavy (non-hydrogen) atoms. The highest BCUT2D eigenvalue weighted by Crippen LogP contribution is 1.89. The van der Waals surface area contributed by atoms with Crippen molar-refractivity contribution >= 4 is 5.84 Å². The summed E-state index contributed by atoms with van der Waals surface area (Å²) in [6.45, 7) is 6.25. The molecule has 0 spiro atoms. The van der Waals surface area contributed by atoms with Crippen molar-refractivity contribution in [2.45, 2.75) is 19.4 Å². The molecule has 0 heterocycles. The molecule has 0 fully saturated rings. The highest BCUT2D eigenvalue weighted by atomic mass is 16.4. The fourth-order valence-electron chi connectivity index (χ4n) is 0.711. The Morgan fingerprint density at radius 2 is 2.55 bits per heavy atom. The second-order valence-corrected chi connectivity index (χ2v) is 2.39. The molecular formula is C7H15N3O. The first-order chi connectivity index (χ1) is 5.20. The van der Waals surface area contributed by atoms with E-state index in [9.17, 15) is 0 Å². The average molecular weight is 157 g/mol. The van der Waals surface area contributed by atoms with Crippen LogP contribution < -0.4 is 11.1 Å². The third-order valence-corrected chi connectivity index (χ3v) is 1.25. The first-order valence-corrected chi connectivity index (χ1v) is 3.51. The normalized spacial score (nSPS) is 14.5. The zero-order valence-electron chi connectivity index (χ0n) is 6.75. The van der Waals surface area contributed by atoms with Crippen LogP contribution in [0.2, 0.25) is 0 Å². The Morgan fingerprint density at radius 1 is 1.91 bits per heavy atom. The molecule has 1 unspecified atom stereocenters. The first kappa shape index (κ1) is 9.97. The van der Waals surface area contributed by atoms with Crippen LogP contribution in [0.15, 0.2) is 17.8 Å². The molecule has 4 N–H and O–H groups in total. The van der Waals surface area contributed by atoms with Crippen molar-refractivity contribution in [2.24, 2.45) is 10.9 Å². The number of hydrogen-bond donors (Lipinski definition) is 3. The lowest BCUT2D eigenvalue weighted by Gasteiger charge is -2.09. The van der Waals surface area contributed by atoms with Gasteiger partial charge >= 0.3 is 0 Å². The van der Waals surface area contributed by atoms with Gasteiger partial charge in [-0.2, -0.15) is 0 Å². The second kappa shape index (κ2) is 5.73. The summed E-state index contributed by atoms with van der Waals surface area (Å²) in [7, 11) is 0. The Morgan fingerprint density at radius 3 is 3.00 bits per heavy atom. The SMILES string of the molecule is C=CCNC(C)CC(N)=NO. The standard InChI is InChI=1S/C7H15N3O/c1-3-4-9-6(2)5-7(8)10-11/h3,6,9,11H,1,4-5H2,2H3,(H2,8,10). The van der Waals surface area contributed by atoms with Crippen molar-refractivity contribution in [1.82, 2.24) is 5.32 Å². The smallest absolute Gasteiger partial charge is 0.140 e. The zero-order chi connectivity index (χ0) is 8.69. The van der Waals surface area contributed by atoms with Gasteiger partial charge in [-0.1, -0.05) is 11.2 Å². The van der Waals surface area contributed by atoms with Crippen LogP contribution in [0.25, 0.3) is 0 Å². The van der Waals surface area contributed by atoms with Crippen LogP contribution in [0, 0.1) is 0 Å². The van der Waals surface area contributed by atoms with Crippen molar-refractivity contribution in [1.29, 1.82) is 0 Å². The number of oxime groups is 1. The molecule has 0 saturated heterocycles. The van der Waals surface area contributed by atoms with Gasteiger partial charge in [-0.15, -0.1) is 6.58 Å². The molecule has 4 nitrogen and oxygen atoms in total. The van der Waals surface area contributed by atoms with E-state index in [1.54, 1.807) is 6.08 Å². The van der Waals surface area contributed by atoms with E-state index in [2.05, 4.69) is 17.1 Å². The average Bonchev–Trinajstić information content (AvgIpc) is 2.00. The van der Waals surface area contributed by atoms with Gasteiger partial charge in [-0.05, 0) is 6.92 Å². The Bertz CT molecular complexity index is 145. The number of rotatable bonds is 5. The molecule has 4 heteroatoms. The van der Waals surface area contributed by atoms with Crippen LogP contribution in [-0.2, 0) is 0 Å². The van der Waals surface area contributed by atoms with Gasteiger partial charge in [0.25, 0.3) is 0 Å². The summed E-state index contributed by atoms with van der Waals surface area (Å²) in [5.41, 5.74) is 5.28. The highest BCUT2D eigenvalue weighted by Gasteiger charge is 2.01. The quantitative estimate of drug-likeness (QED) is 0.176. The van der Waals surface area contributed by atoms with E-state index in [4.69, 9.17) is 10.9 Å². The molecule has 0 bridgehead atoms. The van der Waals surface area contributed by atoms with Crippen molar-refractivity contribution in [3.8, 4) is 0 Å². The lowest BCUT2D eigenvalue weighted by Crippen LogP contribution is -2.31. The van der Waals surface area contributed by atoms with Crippen molar-refractivity contribution in [3.63, 3.8) is 0 Å². The highest BCUT2D eigenvalue weighted by molar-refractivity contribution is 5.80. The third-order valence-electron chi connectivity index (χ3n) is 1.25. The van der Waals surface area contributed by atoms with E-state index in [0.29, 0.717) is 6.42 Å². The first-order valence-electron chi connectivity index (χ1n) is 3.51. The molecule has 0 rings (SSSR count). The molecular weight excluding hydrogens is 142 g/mol. The number of nitrogens with two attached hydrogens (primary N) is 1. The van der Waals surface area contributed by atoms with Gasteiger partial charge in [-0.3, -0.25) is 0 Å². The lowest BCUT2D eigenvalue weighted by molar-refractivity contribution is 0.316. The summed E-state index contributed by atoms with van der Waals surface area (Å²) < 4.78 is 0. The van der Waals surface area contributed by atoms with E-state index >= 15 is 0 Å². The molecule has 64 valence electrons. The molecule has 0 aromatic heterocycles. The minimum Gasteiger partial charge on any atom is -0.409 e. The maximum atomic E-state index is 8.22. The Hall–Kier alpha value is -1.03. The molecule has 0 saturated carbocycles. The predicted octanol–water partition coefficient (Wildman–Crippen LogP) is 0.287. The predicted molar refractivity (Wildman–Crippen MR) is 45.7 cm³/mol. The lowest BCUT2D eigenvalue weighted by atomic mass is 10.2. The van der Waals surface area contributed by atoms with Gasteiger partial charge < -0.3 is 16.3 Å². The van der Waals surface area contributed by atoms with E-state index in [1.165, 1.54) is 0 Å². The van der Waals surface area contributed by atoms with Gasteiger partial charge in [0.1, 0.15) is 5.84 Å². The monoisotopic (exact) mass is 157 g/mol. The number of hydrogen-bond acceptors (Lipinski definition) is 3. The van der Waals surface area contributed by atoms with Crippen LogP contribution in [0.4, 0.5) is 0 Å². The maximum Gasteiger partial charge on any atom is 0.140 e. The van der Waals surface area contributed by atoms with Gasteiger partial charge in [0.05, 0.1) is 0 Å². The van der Waals surface area contributed by atoms with Crippen LogP contribution in [0.1, 0.15) is 13.3 Å². The molecule has 0 aromatic rings. The Labute approximate surface area is 66.8 Å². The van der Waals surface area contributed by atoms with Gasteiger partial charge in [-0.25, -0.2) is 0 Å². The molecule has 0 aliphatic rings. The summed E-state index contributed by atoms with van der Waals surface area (Å²) in [6.07, 6.45) is 2.31. The van der Waals surface area contributed by atoms with Crippen molar-refractivity contribution < 1.29 is 5.21 Å². The molecule has 0 radical (unpaired) electrons. The second-order valence-electron chi connectivity index (χ2n) is 2.39. The van der Waals surface area contributed by atoms with E-state index < -0.39 is 0 Å². The minimum atomic E-state index is 0.212. The van der Waals surface area contributed by atoms with E-state index in [0.717, 1.165) is 6.54 Å². The van der Waals surface area contributed by atoms with Crippen LogP contribution in [0.5, 0.6) is 0 Å². The van der Waals surface area contributed by atoms with Crippen LogP contribution in [0.3, 0.4) is 0 Å². The number of nitrogens with zero attached hydrogens (tertiary/aromatic N) is 1. The van der Waals surface area contributed by atoms with Gasteiger partial charge in [0.15, 0.2) is 0 Å². The summed E-state index contributed by atoms with van der Waals surface area (Å²) in [5, 5.41) is 14.2.